The Morgan fingerprint density at radius 1 is 1.40 bits per heavy atom. The number of carbonyl (C=O) groups excluding carboxylic acids is 1. The van der Waals surface area contributed by atoms with Crippen LogP contribution in [-0.2, 0) is 4.79 Å². The monoisotopic (exact) mass is 293 g/mol. The molecule has 0 bridgehead atoms. The number of carbonyl (C=O) groups is 1. The maximum absolute atomic E-state index is 12.3. The van der Waals surface area contributed by atoms with Gasteiger partial charge in [0.15, 0.2) is 0 Å². The molecule has 0 unspecified atom stereocenters. The van der Waals surface area contributed by atoms with Crippen molar-refractivity contribution < 1.29 is 9.90 Å². The molecule has 1 N–H and O–H groups in total. The summed E-state index contributed by atoms with van der Waals surface area (Å²) in [5, 5.41) is 9.58. The summed E-state index contributed by atoms with van der Waals surface area (Å²) in [6, 6.07) is 7.79. The molecule has 0 spiro atoms. The highest BCUT2D eigenvalue weighted by Crippen LogP contribution is 2.25. The van der Waals surface area contributed by atoms with Gasteiger partial charge in [-0.2, -0.15) is 0 Å². The molecule has 0 saturated heterocycles. The second-order valence-corrected chi connectivity index (χ2v) is 5.46. The zero-order valence-electron chi connectivity index (χ0n) is 11.5. The summed E-state index contributed by atoms with van der Waals surface area (Å²) in [7, 11) is 0. The minimum absolute atomic E-state index is 0.00284. The van der Waals surface area contributed by atoms with Crippen molar-refractivity contribution in [2.45, 2.75) is 31.7 Å². The van der Waals surface area contributed by atoms with Crippen LogP contribution >= 0.6 is 11.6 Å². The van der Waals surface area contributed by atoms with Crippen molar-refractivity contribution >= 4 is 23.6 Å². The third-order valence-corrected chi connectivity index (χ3v) is 4.01. The summed E-state index contributed by atoms with van der Waals surface area (Å²) < 4.78 is 0. The summed E-state index contributed by atoms with van der Waals surface area (Å²) in [6.07, 6.45) is 7.28. The largest absolute Gasteiger partial charge is 0.396 e. The van der Waals surface area contributed by atoms with Crippen molar-refractivity contribution in [3.63, 3.8) is 0 Å². The van der Waals surface area contributed by atoms with Crippen LogP contribution in [0.25, 0.3) is 6.08 Å². The fourth-order valence-electron chi connectivity index (χ4n) is 2.28. The number of benzene rings is 1. The molecule has 1 amide bonds. The molecule has 0 aliphatic heterocycles. The van der Waals surface area contributed by atoms with Gasteiger partial charge in [0, 0.05) is 30.3 Å². The topological polar surface area (TPSA) is 40.5 Å². The van der Waals surface area contributed by atoms with Crippen LogP contribution in [0.15, 0.2) is 30.3 Å². The van der Waals surface area contributed by atoms with Gasteiger partial charge in [0.2, 0.25) is 5.91 Å². The molecule has 1 aliphatic rings. The lowest BCUT2D eigenvalue weighted by molar-refractivity contribution is -0.130. The summed E-state index contributed by atoms with van der Waals surface area (Å²) in [4.78, 5) is 14.2. The van der Waals surface area contributed by atoms with E-state index < -0.39 is 0 Å². The lowest BCUT2D eigenvalue weighted by Gasteiger charge is -2.37. The highest BCUT2D eigenvalue weighted by Gasteiger charge is 2.26. The molecule has 20 heavy (non-hydrogen) atoms. The third-order valence-electron chi connectivity index (χ3n) is 3.67. The first-order valence-corrected chi connectivity index (χ1v) is 7.44. The van der Waals surface area contributed by atoms with E-state index in [-0.39, 0.29) is 12.5 Å². The number of hydrogen-bond acceptors (Lipinski definition) is 2. The Balaban J connectivity index is 2.02. The second-order valence-electron chi connectivity index (χ2n) is 5.05. The minimum Gasteiger partial charge on any atom is -0.396 e. The average Bonchev–Trinajstić information content (AvgIpc) is 2.40. The van der Waals surface area contributed by atoms with Crippen LogP contribution in [0, 0.1) is 0 Å². The molecular formula is C16H20ClNO2. The molecule has 0 heterocycles. The van der Waals surface area contributed by atoms with Gasteiger partial charge in [0.1, 0.15) is 0 Å². The van der Waals surface area contributed by atoms with Crippen LogP contribution in [0.5, 0.6) is 0 Å². The van der Waals surface area contributed by atoms with Crippen LogP contribution in [0.1, 0.15) is 31.2 Å². The van der Waals surface area contributed by atoms with E-state index in [0.717, 1.165) is 18.4 Å². The van der Waals surface area contributed by atoms with Crippen molar-refractivity contribution in [1.82, 2.24) is 4.90 Å². The van der Waals surface area contributed by atoms with Gasteiger partial charge in [-0.25, -0.2) is 0 Å². The highest BCUT2D eigenvalue weighted by atomic mass is 35.5. The number of aliphatic hydroxyl groups is 1. The second kappa shape index (κ2) is 7.46. The normalized spacial score (nSPS) is 15.3. The molecule has 108 valence electrons. The Kier molecular flexibility index (Phi) is 5.62. The van der Waals surface area contributed by atoms with Gasteiger partial charge >= 0.3 is 0 Å². The summed E-state index contributed by atoms with van der Waals surface area (Å²) in [6.45, 7) is 0.734. The molecule has 0 atom stereocenters. The highest BCUT2D eigenvalue weighted by molar-refractivity contribution is 6.32. The molecule has 1 fully saturated rings. The maximum atomic E-state index is 12.3. The van der Waals surface area contributed by atoms with Gasteiger partial charge in [0.25, 0.3) is 0 Å². The molecule has 1 aromatic rings. The van der Waals surface area contributed by atoms with Crippen LogP contribution < -0.4 is 0 Å². The fourth-order valence-corrected chi connectivity index (χ4v) is 2.48. The fraction of sp³-hybridized carbons (Fsp3) is 0.438. The lowest BCUT2D eigenvalue weighted by atomic mass is 9.91. The quantitative estimate of drug-likeness (QED) is 0.819. The number of halogens is 1. The van der Waals surface area contributed by atoms with E-state index in [0.29, 0.717) is 24.0 Å². The summed E-state index contributed by atoms with van der Waals surface area (Å²) >= 11 is 6.06. The van der Waals surface area contributed by atoms with E-state index in [4.69, 9.17) is 16.7 Å². The number of rotatable bonds is 6. The number of nitrogens with zero attached hydrogens (tertiary/aromatic N) is 1. The molecule has 1 saturated carbocycles. The van der Waals surface area contributed by atoms with Gasteiger partial charge in [-0.15, -0.1) is 0 Å². The smallest absolute Gasteiger partial charge is 0.246 e. The molecule has 2 rings (SSSR count). The summed E-state index contributed by atoms with van der Waals surface area (Å²) in [5.41, 5.74) is 0.846. The first-order valence-electron chi connectivity index (χ1n) is 7.06. The number of amides is 1. The van der Waals surface area contributed by atoms with E-state index in [9.17, 15) is 4.79 Å². The summed E-state index contributed by atoms with van der Waals surface area (Å²) in [5.74, 6) is 0.00284. The predicted octanol–water partition coefficient (Wildman–Crippen LogP) is 3.12. The van der Waals surface area contributed by atoms with Crippen molar-refractivity contribution in [3.05, 3.63) is 40.9 Å². The van der Waals surface area contributed by atoms with E-state index in [2.05, 4.69) is 0 Å². The van der Waals surface area contributed by atoms with Crippen molar-refractivity contribution in [2.75, 3.05) is 13.2 Å². The molecule has 3 nitrogen and oxygen atoms in total. The molecule has 0 aromatic heterocycles. The van der Waals surface area contributed by atoms with E-state index in [1.807, 2.05) is 23.1 Å². The van der Waals surface area contributed by atoms with E-state index >= 15 is 0 Å². The molecule has 1 aliphatic carbocycles. The van der Waals surface area contributed by atoms with Gasteiger partial charge in [-0.1, -0.05) is 29.8 Å². The SMILES string of the molecule is O=C(/C=C/c1ccccc1Cl)N(CCCO)C1CCC1. The van der Waals surface area contributed by atoms with Crippen LogP contribution in [-0.4, -0.2) is 35.1 Å². The lowest BCUT2D eigenvalue weighted by Crippen LogP contribution is -2.44. The number of aliphatic hydroxyl groups excluding tert-OH is 1. The zero-order chi connectivity index (χ0) is 14.4. The molecule has 0 radical (unpaired) electrons. The van der Waals surface area contributed by atoms with Gasteiger partial charge < -0.3 is 10.0 Å². The average molecular weight is 294 g/mol. The maximum Gasteiger partial charge on any atom is 0.246 e. The Morgan fingerprint density at radius 2 is 2.15 bits per heavy atom. The van der Waals surface area contributed by atoms with Crippen molar-refractivity contribution in [1.29, 1.82) is 0 Å². The van der Waals surface area contributed by atoms with E-state index in [1.165, 1.54) is 6.42 Å². The molecule has 1 aromatic carbocycles. The molecular weight excluding hydrogens is 274 g/mol. The minimum atomic E-state index is 0.00284. The van der Waals surface area contributed by atoms with Crippen LogP contribution in [0.2, 0.25) is 5.02 Å². The Hall–Kier alpha value is -1.32. The first-order chi connectivity index (χ1) is 9.72. The Labute approximate surface area is 124 Å². The third kappa shape index (κ3) is 3.84. The Bertz CT molecular complexity index is 483. The predicted molar refractivity (Wildman–Crippen MR) is 81.5 cm³/mol. The van der Waals surface area contributed by atoms with Gasteiger partial charge in [0.05, 0.1) is 0 Å². The van der Waals surface area contributed by atoms with Crippen molar-refractivity contribution in [2.24, 2.45) is 0 Å². The molecule has 4 heteroatoms. The standard InChI is InChI=1S/C16H20ClNO2/c17-15-8-2-1-5-13(15)9-10-16(20)18(11-4-12-19)14-6-3-7-14/h1-2,5,8-10,14,19H,3-4,6-7,11-12H2/b10-9+. The van der Waals surface area contributed by atoms with Gasteiger partial charge in [-0.3, -0.25) is 4.79 Å². The van der Waals surface area contributed by atoms with Gasteiger partial charge in [-0.05, 0) is 43.4 Å². The number of hydrogen-bond donors (Lipinski definition) is 1. The van der Waals surface area contributed by atoms with Crippen molar-refractivity contribution in [3.8, 4) is 0 Å². The van der Waals surface area contributed by atoms with Crippen LogP contribution in [0.3, 0.4) is 0 Å². The zero-order valence-corrected chi connectivity index (χ0v) is 12.2. The van der Waals surface area contributed by atoms with Crippen LogP contribution in [0.4, 0.5) is 0 Å². The Morgan fingerprint density at radius 3 is 2.75 bits per heavy atom. The van der Waals surface area contributed by atoms with E-state index in [1.54, 1.807) is 18.2 Å². The first kappa shape index (κ1) is 15.1.